The fourth-order valence-corrected chi connectivity index (χ4v) is 5.09. The zero-order chi connectivity index (χ0) is 17.7. The highest BCUT2D eigenvalue weighted by Gasteiger charge is 2.44. The third-order valence-electron chi connectivity index (χ3n) is 6.49. The van der Waals surface area contributed by atoms with E-state index in [0.717, 1.165) is 6.54 Å². The standard InChI is InChI=1S/C23H27N3.ClH/c1-26(2)17-11-9-16(10-12-17)19-15-24-23(13-5-6-14-23)22-21(19)18-7-3-4-8-20(18)25-22;/h3-4,7-12,19,24-25H,5-6,13-15H2,1-2H3;1H. The molecular formula is C23H28ClN3. The van der Waals surface area contributed by atoms with E-state index < -0.39 is 0 Å². The smallest absolute Gasteiger partial charge is 0.0590 e. The van der Waals surface area contributed by atoms with Gasteiger partial charge in [-0.25, -0.2) is 0 Å². The number of H-pyrrole nitrogens is 1. The van der Waals surface area contributed by atoms with Crippen LogP contribution in [-0.2, 0) is 5.54 Å². The van der Waals surface area contributed by atoms with Crippen molar-refractivity contribution in [1.29, 1.82) is 0 Å². The van der Waals surface area contributed by atoms with Crippen molar-refractivity contribution in [3.8, 4) is 0 Å². The molecule has 1 aliphatic carbocycles. The van der Waals surface area contributed by atoms with Crippen molar-refractivity contribution < 1.29 is 0 Å². The summed E-state index contributed by atoms with van der Waals surface area (Å²) in [6, 6.07) is 17.9. The number of halogens is 1. The van der Waals surface area contributed by atoms with Crippen molar-refractivity contribution in [2.75, 3.05) is 25.5 Å². The predicted molar refractivity (Wildman–Crippen MR) is 116 cm³/mol. The molecule has 1 fully saturated rings. The summed E-state index contributed by atoms with van der Waals surface area (Å²) >= 11 is 0. The highest BCUT2D eigenvalue weighted by Crippen LogP contribution is 2.48. The molecule has 1 saturated carbocycles. The van der Waals surface area contributed by atoms with E-state index >= 15 is 0 Å². The summed E-state index contributed by atoms with van der Waals surface area (Å²) in [6.45, 7) is 1.02. The maximum Gasteiger partial charge on any atom is 0.0590 e. The molecule has 5 rings (SSSR count). The number of aromatic nitrogens is 1. The van der Waals surface area contributed by atoms with E-state index in [9.17, 15) is 0 Å². The van der Waals surface area contributed by atoms with E-state index in [0.29, 0.717) is 5.92 Å². The van der Waals surface area contributed by atoms with Crippen LogP contribution in [0, 0.1) is 0 Å². The Morgan fingerprint density at radius 2 is 1.67 bits per heavy atom. The van der Waals surface area contributed by atoms with Gasteiger partial charge in [-0.3, -0.25) is 0 Å². The Kier molecular flexibility index (Phi) is 4.69. The Bertz CT molecular complexity index is 936. The van der Waals surface area contributed by atoms with Gasteiger partial charge in [0.1, 0.15) is 0 Å². The van der Waals surface area contributed by atoms with Gasteiger partial charge < -0.3 is 15.2 Å². The number of aromatic amines is 1. The van der Waals surface area contributed by atoms with Gasteiger partial charge in [-0.05, 0) is 42.2 Å². The lowest BCUT2D eigenvalue weighted by Crippen LogP contribution is -2.47. The number of hydrogen-bond donors (Lipinski definition) is 2. The molecule has 1 aliphatic heterocycles. The lowest BCUT2D eigenvalue weighted by molar-refractivity contribution is 0.306. The molecule has 0 saturated heterocycles. The van der Waals surface area contributed by atoms with E-state index in [2.05, 4.69) is 77.8 Å². The van der Waals surface area contributed by atoms with Crippen LogP contribution in [-0.4, -0.2) is 25.6 Å². The molecule has 4 heteroatoms. The lowest BCUT2D eigenvalue weighted by Gasteiger charge is -2.39. The summed E-state index contributed by atoms with van der Waals surface area (Å²) in [5, 5.41) is 5.36. The Morgan fingerprint density at radius 1 is 0.963 bits per heavy atom. The summed E-state index contributed by atoms with van der Waals surface area (Å²) in [6.07, 6.45) is 5.15. The van der Waals surface area contributed by atoms with Crippen LogP contribution in [0.3, 0.4) is 0 Å². The number of anilines is 1. The minimum absolute atomic E-state index is 0. The third-order valence-corrected chi connectivity index (χ3v) is 6.49. The topological polar surface area (TPSA) is 31.1 Å². The molecule has 142 valence electrons. The van der Waals surface area contributed by atoms with Gasteiger partial charge in [0.2, 0.25) is 0 Å². The molecule has 1 aromatic heterocycles. The van der Waals surface area contributed by atoms with Gasteiger partial charge in [0.25, 0.3) is 0 Å². The second-order valence-electron chi connectivity index (χ2n) is 8.17. The summed E-state index contributed by atoms with van der Waals surface area (Å²) in [5.41, 5.74) is 7.07. The Morgan fingerprint density at radius 3 is 2.37 bits per heavy atom. The van der Waals surface area contributed by atoms with Crippen molar-refractivity contribution in [3.05, 3.63) is 65.4 Å². The largest absolute Gasteiger partial charge is 0.378 e. The molecule has 1 unspecified atom stereocenters. The molecule has 2 aliphatic rings. The van der Waals surface area contributed by atoms with Gasteiger partial charge in [0, 0.05) is 48.8 Å². The van der Waals surface area contributed by atoms with Crippen LogP contribution < -0.4 is 10.2 Å². The van der Waals surface area contributed by atoms with E-state index in [-0.39, 0.29) is 17.9 Å². The molecule has 0 bridgehead atoms. The normalized spacial score (nSPS) is 20.4. The molecule has 2 heterocycles. The van der Waals surface area contributed by atoms with Crippen LogP contribution >= 0.6 is 12.4 Å². The Hall–Kier alpha value is -1.97. The highest BCUT2D eigenvalue weighted by molar-refractivity contribution is 5.86. The summed E-state index contributed by atoms with van der Waals surface area (Å²) < 4.78 is 0. The number of fused-ring (bicyclic) bond motifs is 4. The number of nitrogens with zero attached hydrogens (tertiary/aromatic N) is 1. The van der Waals surface area contributed by atoms with Crippen LogP contribution in [0.2, 0.25) is 0 Å². The summed E-state index contributed by atoms with van der Waals surface area (Å²) in [5.74, 6) is 0.406. The van der Waals surface area contributed by atoms with Crippen molar-refractivity contribution in [2.45, 2.75) is 37.1 Å². The van der Waals surface area contributed by atoms with E-state index in [1.165, 1.54) is 59.1 Å². The fraction of sp³-hybridized carbons (Fsp3) is 0.391. The molecular weight excluding hydrogens is 354 g/mol. The Balaban J connectivity index is 0.00000180. The first-order chi connectivity index (χ1) is 12.7. The number of rotatable bonds is 2. The van der Waals surface area contributed by atoms with Gasteiger partial charge in [0.15, 0.2) is 0 Å². The maximum absolute atomic E-state index is 3.96. The van der Waals surface area contributed by atoms with Crippen LogP contribution in [0.15, 0.2) is 48.5 Å². The first-order valence-electron chi connectivity index (χ1n) is 9.81. The molecule has 3 nitrogen and oxygen atoms in total. The first kappa shape index (κ1) is 18.4. The number of hydrogen-bond acceptors (Lipinski definition) is 2. The molecule has 0 radical (unpaired) electrons. The van der Waals surface area contributed by atoms with Gasteiger partial charge >= 0.3 is 0 Å². The van der Waals surface area contributed by atoms with Gasteiger partial charge in [-0.2, -0.15) is 0 Å². The van der Waals surface area contributed by atoms with Crippen LogP contribution in [0.4, 0.5) is 5.69 Å². The minimum Gasteiger partial charge on any atom is -0.378 e. The first-order valence-corrected chi connectivity index (χ1v) is 9.81. The van der Waals surface area contributed by atoms with E-state index in [1.54, 1.807) is 0 Å². The molecule has 2 N–H and O–H groups in total. The van der Waals surface area contributed by atoms with Crippen molar-refractivity contribution in [1.82, 2.24) is 10.3 Å². The minimum atomic E-state index is 0. The van der Waals surface area contributed by atoms with Crippen LogP contribution in [0.25, 0.3) is 10.9 Å². The van der Waals surface area contributed by atoms with Crippen molar-refractivity contribution >= 4 is 29.0 Å². The monoisotopic (exact) mass is 381 g/mol. The maximum atomic E-state index is 3.96. The Labute approximate surface area is 167 Å². The van der Waals surface area contributed by atoms with Crippen molar-refractivity contribution in [3.63, 3.8) is 0 Å². The number of nitrogens with one attached hydrogen (secondary N) is 2. The second-order valence-corrected chi connectivity index (χ2v) is 8.17. The summed E-state index contributed by atoms with van der Waals surface area (Å²) in [7, 11) is 4.19. The van der Waals surface area contributed by atoms with E-state index in [4.69, 9.17) is 0 Å². The quantitative estimate of drug-likeness (QED) is 0.642. The molecule has 1 spiro atoms. The number of para-hydroxylation sites is 1. The molecule has 1 atom stereocenters. The lowest BCUT2D eigenvalue weighted by atomic mass is 9.78. The SMILES string of the molecule is CN(C)c1ccc(C2CNC3(CCCC3)c3[nH]c4ccccc4c32)cc1.Cl. The predicted octanol–water partition coefficient (Wildman–Crippen LogP) is 5.16. The number of benzene rings is 2. The van der Waals surface area contributed by atoms with Gasteiger partial charge in [0.05, 0.1) is 5.54 Å². The third kappa shape index (κ3) is 2.84. The fourth-order valence-electron chi connectivity index (χ4n) is 5.09. The molecule has 27 heavy (non-hydrogen) atoms. The highest BCUT2D eigenvalue weighted by atomic mass is 35.5. The zero-order valence-electron chi connectivity index (χ0n) is 16.1. The molecule has 3 aromatic rings. The summed E-state index contributed by atoms with van der Waals surface area (Å²) in [4.78, 5) is 5.97. The second kappa shape index (κ2) is 6.88. The molecule has 0 amide bonds. The average Bonchev–Trinajstić information content (AvgIpc) is 3.29. The van der Waals surface area contributed by atoms with Crippen LogP contribution in [0.1, 0.15) is 48.4 Å². The van der Waals surface area contributed by atoms with Gasteiger partial charge in [-0.1, -0.05) is 43.2 Å². The molecule has 2 aromatic carbocycles. The van der Waals surface area contributed by atoms with Crippen LogP contribution in [0.5, 0.6) is 0 Å². The zero-order valence-corrected chi connectivity index (χ0v) is 16.9. The van der Waals surface area contributed by atoms with E-state index in [1.807, 2.05) is 0 Å². The van der Waals surface area contributed by atoms with Gasteiger partial charge in [-0.15, -0.1) is 12.4 Å². The average molecular weight is 382 g/mol. The van der Waals surface area contributed by atoms with Crippen molar-refractivity contribution in [2.24, 2.45) is 0 Å².